The Bertz CT molecular complexity index is 886. The minimum atomic E-state index is -1.64. The van der Waals surface area contributed by atoms with Gasteiger partial charge in [-0.15, -0.1) is 0 Å². The Morgan fingerprint density at radius 1 is 0.927 bits per heavy atom. The molecule has 2 heterocycles. The van der Waals surface area contributed by atoms with Crippen LogP contribution in [0.5, 0.6) is 0 Å². The van der Waals surface area contributed by atoms with Crippen LogP contribution in [0, 0.1) is 0 Å². The molecule has 0 aromatic carbocycles. The average molecular weight is 598 g/mol. The largest absolute Gasteiger partial charge is 0.394 e. The van der Waals surface area contributed by atoms with E-state index in [2.05, 4.69) is 10.3 Å². The van der Waals surface area contributed by atoms with Gasteiger partial charge in [0.15, 0.2) is 18.5 Å². The van der Waals surface area contributed by atoms with E-state index < -0.39 is 104 Å². The van der Waals surface area contributed by atoms with Crippen molar-refractivity contribution in [1.82, 2.24) is 5.32 Å². The van der Waals surface area contributed by atoms with Crippen LogP contribution < -0.4 is 34.0 Å². The third-order valence-electron chi connectivity index (χ3n) is 7.37. The number of nitrogens with zero attached hydrogens (tertiary/aromatic N) is 1. The number of nitrogens with one attached hydrogen (secondary N) is 1. The molecule has 1 aliphatic carbocycles. The van der Waals surface area contributed by atoms with Gasteiger partial charge in [0.25, 0.3) is 0 Å². The number of hydrogen-bond acceptors (Lipinski definition) is 16. The maximum atomic E-state index is 12.5. The number of ether oxygens (including phenoxy) is 4. The molecule has 3 fully saturated rings. The number of aliphatic hydroxyl groups is 7. The molecule has 19 heteroatoms. The maximum Gasteiger partial charge on any atom is 0.249 e. The summed E-state index contributed by atoms with van der Waals surface area (Å²) in [5.41, 5.74) is 28.4. The Kier molecular flexibility index (Phi) is 12.0. The molecule has 3 aliphatic rings. The molecular formula is C22H43N7O12. The van der Waals surface area contributed by atoms with Gasteiger partial charge in [0, 0.05) is 6.04 Å². The second-order valence-corrected chi connectivity index (χ2v) is 10.4. The zero-order chi connectivity index (χ0) is 30.6. The highest BCUT2D eigenvalue weighted by molar-refractivity contribution is 5.80. The van der Waals surface area contributed by atoms with Crippen molar-refractivity contribution >= 4 is 11.9 Å². The van der Waals surface area contributed by atoms with E-state index in [0.29, 0.717) is 0 Å². The van der Waals surface area contributed by atoms with E-state index in [1.54, 1.807) is 0 Å². The van der Waals surface area contributed by atoms with Crippen molar-refractivity contribution in [1.29, 1.82) is 0 Å². The van der Waals surface area contributed by atoms with Gasteiger partial charge in [0.05, 0.1) is 25.2 Å². The Morgan fingerprint density at radius 2 is 1.54 bits per heavy atom. The summed E-state index contributed by atoms with van der Waals surface area (Å²) in [5.74, 6) is -1.11. The quantitative estimate of drug-likeness (QED) is 0.0776. The van der Waals surface area contributed by atoms with Crippen LogP contribution in [0.1, 0.15) is 12.8 Å². The van der Waals surface area contributed by atoms with Crippen molar-refractivity contribution in [2.24, 2.45) is 33.7 Å². The first-order chi connectivity index (χ1) is 19.3. The number of guanidine groups is 1. The number of nitrogens with two attached hydrogens (primary N) is 5. The second kappa shape index (κ2) is 14.6. The third kappa shape index (κ3) is 7.77. The lowest BCUT2D eigenvalue weighted by Gasteiger charge is -2.47. The monoisotopic (exact) mass is 597 g/mol. The normalized spacial score (nSPS) is 43.9. The maximum absolute atomic E-state index is 12.5. The highest BCUT2D eigenvalue weighted by Crippen LogP contribution is 2.32. The molecule has 2 aliphatic heterocycles. The van der Waals surface area contributed by atoms with Crippen molar-refractivity contribution in [3.63, 3.8) is 0 Å². The molecule has 0 radical (unpaired) electrons. The molecule has 41 heavy (non-hydrogen) atoms. The van der Waals surface area contributed by atoms with E-state index in [1.165, 1.54) is 0 Å². The summed E-state index contributed by atoms with van der Waals surface area (Å²) in [6.45, 7) is -0.876. The van der Waals surface area contributed by atoms with Crippen LogP contribution in [0.25, 0.3) is 0 Å². The van der Waals surface area contributed by atoms with Crippen LogP contribution >= 0.6 is 0 Å². The summed E-state index contributed by atoms with van der Waals surface area (Å²) in [6.07, 6.45) is -17.5. The van der Waals surface area contributed by atoms with Crippen LogP contribution in [-0.2, 0) is 23.7 Å². The molecule has 0 aromatic rings. The lowest BCUT2D eigenvalue weighted by Crippen LogP contribution is -2.69. The van der Waals surface area contributed by atoms with E-state index in [0.717, 1.165) is 0 Å². The first-order valence-corrected chi connectivity index (χ1v) is 13.2. The Hall–Kier alpha value is -1.82. The molecule has 238 valence electrons. The number of aliphatic hydroxyl groups excluding tert-OH is 7. The van der Waals surface area contributed by atoms with Crippen molar-refractivity contribution in [2.75, 3.05) is 19.7 Å². The molecule has 19 nitrogen and oxygen atoms in total. The van der Waals surface area contributed by atoms with Crippen LogP contribution in [-0.4, -0.2) is 159 Å². The molecule has 14 unspecified atom stereocenters. The van der Waals surface area contributed by atoms with Crippen LogP contribution in [0.2, 0.25) is 0 Å². The molecule has 15 atom stereocenters. The standard InChI is InChI=1S/C22H43N7O12/c23-2-1-8(31)19(37)29-7-3-6(24)17(40-20-11(25)15(35)14(34)10(5-30)39-20)18(12(7)32)41-21-16(36)13(33)9(38-21)4-28-22(26)27/h6-18,20-21,30-36H,1-5,23-25H2,(H,29,37)(H4,26,27,28)/t6?,7?,8-,9?,10?,11?,12?,13?,14?,15?,16?,17?,18?,20?,21?/m0/s1. The van der Waals surface area contributed by atoms with E-state index in [1.807, 2.05) is 0 Å². The molecule has 1 saturated carbocycles. The van der Waals surface area contributed by atoms with Gasteiger partial charge in [-0.3, -0.25) is 9.79 Å². The lowest BCUT2D eigenvalue weighted by atomic mass is 9.83. The van der Waals surface area contributed by atoms with Gasteiger partial charge in [-0.2, -0.15) is 0 Å². The van der Waals surface area contributed by atoms with Crippen molar-refractivity contribution in [2.45, 2.75) is 105 Å². The number of hydrogen-bond donors (Lipinski definition) is 13. The van der Waals surface area contributed by atoms with E-state index in [-0.39, 0.29) is 31.9 Å². The predicted molar refractivity (Wildman–Crippen MR) is 137 cm³/mol. The van der Waals surface area contributed by atoms with Gasteiger partial charge < -0.3 is 88.7 Å². The summed E-state index contributed by atoms with van der Waals surface area (Å²) in [7, 11) is 0. The minimum absolute atomic E-state index is 0.0280. The number of carbonyl (C=O) groups is 1. The van der Waals surface area contributed by atoms with Crippen molar-refractivity contribution < 1.29 is 59.5 Å². The Balaban J connectivity index is 1.85. The highest BCUT2D eigenvalue weighted by atomic mass is 16.7. The van der Waals surface area contributed by atoms with Crippen molar-refractivity contribution in [3.8, 4) is 0 Å². The molecular weight excluding hydrogens is 554 g/mol. The molecule has 2 saturated heterocycles. The van der Waals surface area contributed by atoms with E-state index in [4.69, 9.17) is 47.6 Å². The summed E-state index contributed by atoms with van der Waals surface area (Å²) in [5, 5.41) is 74.8. The second-order valence-electron chi connectivity index (χ2n) is 10.4. The average Bonchev–Trinajstić information content (AvgIpc) is 3.19. The summed E-state index contributed by atoms with van der Waals surface area (Å²) >= 11 is 0. The topological polar surface area (TPSA) is 350 Å². The first kappa shape index (κ1) is 33.7. The zero-order valence-corrected chi connectivity index (χ0v) is 22.2. The van der Waals surface area contributed by atoms with E-state index >= 15 is 0 Å². The zero-order valence-electron chi connectivity index (χ0n) is 22.2. The SMILES string of the molecule is NCC[C@H](O)C(=O)NC1CC(N)C(OC2OC(CO)C(O)C(O)C2N)C(OC2OC(CN=C(N)N)C(O)C2O)C1O. The fourth-order valence-electron chi connectivity index (χ4n) is 4.99. The van der Waals surface area contributed by atoms with Gasteiger partial charge in [0.2, 0.25) is 5.91 Å². The van der Waals surface area contributed by atoms with Crippen molar-refractivity contribution in [3.05, 3.63) is 0 Å². The van der Waals surface area contributed by atoms with Gasteiger partial charge in [-0.1, -0.05) is 0 Å². The van der Waals surface area contributed by atoms with Crippen LogP contribution in [0.4, 0.5) is 0 Å². The van der Waals surface area contributed by atoms with Gasteiger partial charge in [-0.25, -0.2) is 0 Å². The molecule has 0 bridgehead atoms. The predicted octanol–water partition coefficient (Wildman–Crippen LogP) is -8.47. The third-order valence-corrected chi connectivity index (χ3v) is 7.37. The van der Waals surface area contributed by atoms with E-state index in [9.17, 15) is 40.5 Å². The number of carbonyl (C=O) groups excluding carboxylic acids is 1. The molecule has 1 amide bonds. The van der Waals surface area contributed by atoms with Crippen LogP contribution in [0.3, 0.4) is 0 Å². The summed E-state index contributed by atoms with van der Waals surface area (Å²) in [4.78, 5) is 16.2. The molecule has 0 spiro atoms. The molecule has 0 aromatic heterocycles. The van der Waals surface area contributed by atoms with Gasteiger partial charge in [0.1, 0.15) is 61.0 Å². The summed E-state index contributed by atoms with van der Waals surface area (Å²) in [6, 6.07) is -3.43. The number of rotatable bonds is 11. The smallest absolute Gasteiger partial charge is 0.249 e. The summed E-state index contributed by atoms with van der Waals surface area (Å²) < 4.78 is 22.9. The number of aliphatic imine (C=N–C) groups is 1. The number of amides is 1. The van der Waals surface area contributed by atoms with Crippen LogP contribution in [0.15, 0.2) is 4.99 Å². The Labute approximate surface area is 235 Å². The fraction of sp³-hybridized carbons (Fsp3) is 0.909. The minimum Gasteiger partial charge on any atom is -0.394 e. The van der Waals surface area contributed by atoms with Gasteiger partial charge >= 0.3 is 0 Å². The van der Waals surface area contributed by atoms with Gasteiger partial charge in [-0.05, 0) is 19.4 Å². The highest BCUT2D eigenvalue weighted by Gasteiger charge is 2.53. The Morgan fingerprint density at radius 3 is 2.15 bits per heavy atom. The first-order valence-electron chi connectivity index (χ1n) is 13.2. The fourth-order valence-corrected chi connectivity index (χ4v) is 4.99. The molecule has 3 rings (SSSR count). The molecule has 18 N–H and O–H groups in total. The lowest BCUT2D eigenvalue weighted by molar-refractivity contribution is -0.310.